The minimum atomic E-state index is -2.36. The Balaban J connectivity index is 2.81. The Morgan fingerprint density at radius 3 is 1.94 bits per heavy atom. The summed E-state index contributed by atoms with van der Waals surface area (Å²) >= 11 is 0. The molecule has 0 aliphatic heterocycles. The number of rotatable bonds is 15. The largest absolute Gasteiger partial charge is 0.595 e. The number of carbonyl (C=O) groups is 2. The Morgan fingerprint density at radius 1 is 0.938 bits per heavy atom. The molecule has 3 unspecified atom stereocenters. The summed E-state index contributed by atoms with van der Waals surface area (Å²) in [5.41, 5.74) is 0.891. The number of carbonyl (C=O) groups excluding carboxylic acids is 2. The molecule has 180 valence electrons. The summed E-state index contributed by atoms with van der Waals surface area (Å²) in [4.78, 5) is 37.6. The second-order valence-corrected chi connectivity index (χ2v) is 9.10. The van der Waals surface area contributed by atoms with E-state index in [4.69, 9.17) is 9.47 Å². The van der Waals surface area contributed by atoms with E-state index >= 15 is 0 Å². The highest BCUT2D eigenvalue weighted by Crippen LogP contribution is 2.19. The van der Waals surface area contributed by atoms with Crippen LogP contribution < -0.4 is 9.98 Å². The third-order valence-corrected chi connectivity index (χ3v) is 6.77. The van der Waals surface area contributed by atoms with Crippen molar-refractivity contribution in [2.75, 3.05) is 13.2 Å². The molecule has 1 aromatic rings. The van der Waals surface area contributed by atoms with Crippen molar-refractivity contribution in [1.29, 1.82) is 0 Å². The standard InChI is InChI=1S/C24H39N2O5P/c1-6-19(7-2)16-30-23(27)18(5)25-32(29)26-22(15-21-13-11-10-12-14-21)24(28)31-17-20(8-3)9-4/h10-14,18-20,22H,6-9,15-17H2,1-5H3,(H,25,26). The van der Waals surface area contributed by atoms with Gasteiger partial charge >= 0.3 is 11.9 Å². The number of nitrogens with one attached hydrogen (secondary N) is 1. The van der Waals surface area contributed by atoms with Gasteiger partial charge in [0.25, 0.3) is 8.09 Å². The van der Waals surface area contributed by atoms with Crippen molar-refractivity contribution in [1.82, 2.24) is 5.09 Å². The number of benzene rings is 1. The molecule has 0 aliphatic carbocycles. The first-order chi connectivity index (χ1) is 15.3. The van der Waals surface area contributed by atoms with E-state index in [9.17, 15) is 14.5 Å². The molecule has 0 fully saturated rings. The fourth-order valence-electron chi connectivity index (χ4n) is 3.06. The number of esters is 2. The van der Waals surface area contributed by atoms with Gasteiger partial charge in [0.15, 0.2) is 6.04 Å². The van der Waals surface area contributed by atoms with Crippen LogP contribution in [0.4, 0.5) is 0 Å². The van der Waals surface area contributed by atoms with Crippen molar-refractivity contribution < 1.29 is 24.0 Å². The van der Waals surface area contributed by atoms with E-state index in [2.05, 4.69) is 37.5 Å². The zero-order valence-corrected chi connectivity index (χ0v) is 21.0. The van der Waals surface area contributed by atoms with Crippen LogP contribution >= 0.6 is 8.09 Å². The number of ether oxygens (including phenoxy) is 2. The molecule has 0 saturated carbocycles. The number of nitrogens with zero attached hydrogens (tertiary/aromatic N) is 1. The topological polar surface area (TPSA) is 100 Å². The molecule has 7 nitrogen and oxygen atoms in total. The van der Waals surface area contributed by atoms with Gasteiger partial charge in [-0.3, -0.25) is 4.79 Å². The average Bonchev–Trinajstić information content (AvgIpc) is 2.80. The Bertz CT molecular complexity index is 706. The number of hydrogen-bond donors (Lipinski definition) is 1. The Hall–Kier alpha value is -1.82. The van der Waals surface area contributed by atoms with Gasteiger partial charge in [0.2, 0.25) is 0 Å². The van der Waals surface area contributed by atoms with Gasteiger partial charge in [-0.15, -0.1) is 5.09 Å². The van der Waals surface area contributed by atoms with E-state index < -0.39 is 32.1 Å². The van der Waals surface area contributed by atoms with E-state index in [1.807, 2.05) is 30.3 Å². The second-order valence-electron chi connectivity index (χ2n) is 8.07. The van der Waals surface area contributed by atoms with Gasteiger partial charge < -0.3 is 14.4 Å². The summed E-state index contributed by atoms with van der Waals surface area (Å²) < 4.78 is 15.0. The lowest BCUT2D eigenvalue weighted by Crippen LogP contribution is -2.34. The molecule has 3 atom stereocenters. The van der Waals surface area contributed by atoms with Gasteiger partial charge in [0.1, 0.15) is 6.04 Å². The molecule has 0 aromatic heterocycles. The quantitative estimate of drug-likeness (QED) is 0.304. The van der Waals surface area contributed by atoms with Gasteiger partial charge in [-0.1, -0.05) is 88.5 Å². The molecule has 0 radical (unpaired) electrons. The van der Waals surface area contributed by atoms with Crippen molar-refractivity contribution in [3.8, 4) is 0 Å². The molecule has 1 N–H and O–H groups in total. The fraction of sp³-hybridized carbons (Fsp3) is 0.667. The van der Waals surface area contributed by atoms with E-state index in [1.54, 1.807) is 6.92 Å². The highest BCUT2D eigenvalue weighted by Gasteiger charge is 2.26. The molecule has 0 amide bonds. The summed E-state index contributed by atoms with van der Waals surface area (Å²) in [6, 6.07) is 7.68. The lowest BCUT2D eigenvalue weighted by molar-refractivity contribution is -0.162. The highest BCUT2D eigenvalue weighted by molar-refractivity contribution is 7.37. The summed E-state index contributed by atoms with van der Waals surface area (Å²) in [6.45, 7) is 10.4. The molecular weight excluding hydrogens is 427 g/mol. The van der Waals surface area contributed by atoms with Gasteiger partial charge in [-0.2, -0.15) is 0 Å². The second kappa shape index (κ2) is 15.9. The molecule has 0 aliphatic rings. The van der Waals surface area contributed by atoms with Gasteiger partial charge in [-0.05, 0) is 24.3 Å². The molecule has 32 heavy (non-hydrogen) atoms. The van der Waals surface area contributed by atoms with Crippen LogP contribution in [0.2, 0.25) is 0 Å². The molecule has 1 aromatic carbocycles. The van der Waals surface area contributed by atoms with E-state index in [1.165, 1.54) is 0 Å². The molecule has 8 heteroatoms. The van der Waals surface area contributed by atoms with Crippen LogP contribution in [0.25, 0.3) is 0 Å². The highest BCUT2D eigenvalue weighted by atomic mass is 31.1. The van der Waals surface area contributed by atoms with Crippen LogP contribution in [0.5, 0.6) is 0 Å². The van der Waals surface area contributed by atoms with Crippen molar-refractivity contribution in [3.63, 3.8) is 0 Å². The summed E-state index contributed by atoms with van der Waals surface area (Å²) in [5, 5.41) is 2.66. The zero-order chi connectivity index (χ0) is 23.9. The maximum absolute atomic E-state index is 12.7. The van der Waals surface area contributed by atoms with Crippen molar-refractivity contribution >= 4 is 20.0 Å². The SMILES string of the molecule is CCC(CC)COC(=O)C(Cc1ccccc1)N=[P+]([O-])NC(C)C(=O)OCC(CC)CC. The Morgan fingerprint density at radius 2 is 1.44 bits per heavy atom. The van der Waals surface area contributed by atoms with E-state index in [0.29, 0.717) is 19.1 Å². The Labute approximate surface area is 193 Å². The average molecular weight is 467 g/mol. The maximum atomic E-state index is 12.7. The molecule has 0 heterocycles. The first-order valence-corrected chi connectivity index (χ1v) is 12.9. The van der Waals surface area contributed by atoms with Crippen molar-refractivity contribution in [2.45, 2.75) is 78.8 Å². The minimum absolute atomic E-state index is 0.277. The first kappa shape index (κ1) is 28.2. The zero-order valence-electron chi connectivity index (χ0n) is 20.1. The lowest BCUT2D eigenvalue weighted by Gasteiger charge is -2.16. The van der Waals surface area contributed by atoms with Crippen LogP contribution in [0, 0.1) is 11.8 Å². The fourth-order valence-corrected chi connectivity index (χ4v) is 3.99. The third-order valence-electron chi connectivity index (χ3n) is 5.68. The summed E-state index contributed by atoms with van der Waals surface area (Å²) in [6.07, 6.45) is 3.96. The van der Waals surface area contributed by atoms with Crippen LogP contribution in [0.1, 0.15) is 65.9 Å². The van der Waals surface area contributed by atoms with Gasteiger partial charge in [0, 0.05) is 6.42 Å². The van der Waals surface area contributed by atoms with E-state index in [-0.39, 0.29) is 12.3 Å². The Kier molecular flexibility index (Phi) is 14.0. The molecular formula is C24H39N2O5P. The van der Waals surface area contributed by atoms with Crippen LogP contribution in [0.15, 0.2) is 35.1 Å². The summed E-state index contributed by atoms with van der Waals surface area (Å²) in [7, 11) is -2.36. The van der Waals surface area contributed by atoms with Gasteiger partial charge in [0.05, 0.1) is 13.2 Å². The van der Waals surface area contributed by atoms with Crippen LogP contribution in [0.3, 0.4) is 0 Å². The predicted octanol–water partition coefficient (Wildman–Crippen LogP) is 4.39. The number of hydrogen-bond acceptors (Lipinski definition) is 6. The maximum Gasteiger partial charge on any atom is 0.335 e. The van der Waals surface area contributed by atoms with E-state index in [0.717, 1.165) is 31.2 Å². The van der Waals surface area contributed by atoms with Gasteiger partial charge in [-0.25, -0.2) is 4.79 Å². The predicted molar refractivity (Wildman–Crippen MR) is 126 cm³/mol. The molecule has 0 spiro atoms. The smallest absolute Gasteiger partial charge is 0.335 e. The monoisotopic (exact) mass is 466 g/mol. The minimum Gasteiger partial charge on any atom is -0.595 e. The van der Waals surface area contributed by atoms with Crippen molar-refractivity contribution in [2.24, 2.45) is 16.6 Å². The summed E-state index contributed by atoms with van der Waals surface area (Å²) in [5.74, 6) is -0.390. The van der Waals surface area contributed by atoms with Crippen LogP contribution in [-0.4, -0.2) is 37.2 Å². The van der Waals surface area contributed by atoms with Crippen molar-refractivity contribution in [3.05, 3.63) is 35.9 Å². The molecule has 1 rings (SSSR count). The molecule has 0 bridgehead atoms. The third kappa shape index (κ3) is 10.7. The molecule has 0 saturated heterocycles. The lowest BCUT2D eigenvalue weighted by atomic mass is 10.0. The normalized spacial score (nSPS) is 13.8. The van der Waals surface area contributed by atoms with Crippen LogP contribution in [-0.2, 0) is 25.5 Å². The first-order valence-electron chi connectivity index (χ1n) is 11.7.